The van der Waals surface area contributed by atoms with E-state index < -0.39 is 0 Å². The standard InChI is InChI=1S/C25H23N7O/c1-16-12-30-25-20(24(16)18-5-7-27-17(2)11-18)6-10-32(25)15-23(33)31-22-4-3-19(13-29-22)21-14-26-8-9-28-21/h3-7,9-14,26H,8,15H2,1-2H3,(H,29,31,33). The summed E-state index contributed by atoms with van der Waals surface area (Å²) in [5.41, 5.74) is 6.68. The molecule has 33 heavy (non-hydrogen) atoms. The third-order valence-electron chi connectivity index (χ3n) is 5.48. The number of pyridine rings is 3. The van der Waals surface area contributed by atoms with Crippen LogP contribution in [0.2, 0.25) is 0 Å². The third kappa shape index (κ3) is 4.23. The highest BCUT2D eigenvalue weighted by molar-refractivity contribution is 5.96. The van der Waals surface area contributed by atoms with Crippen LogP contribution in [0.15, 0.2) is 66.3 Å². The second-order valence-electron chi connectivity index (χ2n) is 7.91. The molecule has 5 rings (SSSR count). The van der Waals surface area contributed by atoms with E-state index in [1.807, 2.05) is 67.6 Å². The molecule has 4 aromatic heterocycles. The number of rotatable bonds is 5. The Hall–Kier alpha value is -4.33. The van der Waals surface area contributed by atoms with Crippen molar-refractivity contribution < 1.29 is 4.79 Å². The molecule has 2 N–H and O–H groups in total. The lowest BCUT2D eigenvalue weighted by atomic mass is 10.00. The van der Waals surface area contributed by atoms with Crippen LogP contribution in [0.5, 0.6) is 0 Å². The van der Waals surface area contributed by atoms with Crippen molar-refractivity contribution in [3.05, 3.63) is 78.1 Å². The average Bonchev–Trinajstić information content (AvgIpc) is 3.22. The summed E-state index contributed by atoms with van der Waals surface area (Å²) in [4.78, 5) is 30.3. The summed E-state index contributed by atoms with van der Waals surface area (Å²) in [6.45, 7) is 4.87. The van der Waals surface area contributed by atoms with Crippen molar-refractivity contribution in [1.82, 2.24) is 24.8 Å². The molecule has 1 aliphatic rings. The van der Waals surface area contributed by atoms with Gasteiger partial charge in [0.05, 0.1) is 5.70 Å². The number of anilines is 1. The van der Waals surface area contributed by atoms with E-state index in [0.29, 0.717) is 5.82 Å². The van der Waals surface area contributed by atoms with Gasteiger partial charge in [-0.3, -0.25) is 14.8 Å². The third-order valence-corrected chi connectivity index (χ3v) is 5.48. The van der Waals surface area contributed by atoms with Gasteiger partial charge in [0.2, 0.25) is 5.91 Å². The van der Waals surface area contributed by atoms with Gasteiger partial charge in [0, 0.05) is 60.4 Å². The van der Waals surface area contributed by atoms with Crippen LogP contribution in [-0.4, -0.2) is 38.2 Å². The Labute approximate surface area is 191 Å². The van der Waals surface area contributed by atoms with Gasteiger partial charge >= 0.3 is 0 Å². The zero-order chi connectivity index (χ0) is 22.8. The predicted molar refractivity (Wildman–Crippen MR) is 130 cm³/mol. The molecule has 0 fully saturated rings. The van der Waals surface area contributed by atoms with Gasteiger partial charge in [-0.15, -0.1) is 0 Å². The van der Waals surface area contributed by atoms with Gasteiger partial charge in [0.25, 0.3) is 0 Å². The lowest BCUT2D eigenvalue weighted by Crippen LogP contribution is -2.19. The van der Waals surface area contributed by atoms with Crippen molar-refractivity contribution in [1.29, 1.82) is 0 Å². The Kier molecular flexibility index (Phi) is 5.40. The fourth-order valence-corrected chi connectivity index (χ4v) is 3.95. The van der Waals surface area contributed by atoms with E-state index in [2.05, 4.69) is 36.6 Å². The fraction of sp³-hybridized carbons (Fsp3) is 0.160. The molecule has 0 bridgehead atoms. The molecule has 1 amide bonds. The van der Waals surface area contributed by atoms with Crippen molar-refractivity contribution in [2.24, 2.45) is 4.99 Å². The van der Waals surface area contributed by atoms with Crippen molar-refractivity contribution in [3.8, 4) is 11.1 Å². The van der Waals surface area contributed by atoms with Gasteiger partial charge in [0.15, 0.2) is 0 Å². The van der Waals surface area contributed by atoms with Crippen molar-refractivity contribution in [2.75, 3.05) is 11.9 Å². The smallest absolute Gasteiger partial charge is 0.245 e. The zero-order valence-corrected chi connectivity index (χ0v) is 18.4. The molecule has 1 aliphatic heterocycles. The first-order valence-corrected chi connectivity index (χ1v) is 10.7. The molecular weight excluding hydrogens is 414 g/mol. The minimum atomic E-state index is -0.173. The first-order valence-electron chi connectivity index (χ1n) is 10.7. The van der Waals surface area contributed by atoms with Gasteiger partial charge in [-0.2, -0.15) is 0 Å². The number of aryl methyl sites for hydroxylation is 2. The van der Waals surface area contributed by atoms with E-state index in [0.717, 1.165) is 51.2 Å². The second kappa shape index (κ2) is 8.66. The molecule has 8 nitrogen and oxygen atoms in total. The summed E-state index contributed by atoms with van der Waals surface area (Å²) in [5.74, 6) is 0.318. The van der Waals surface area contributed by atoms with Crippen LogP contribution >= 0.6 is 0 Å². The summed E-state index contributed by atoms with van der Waals surface area (Å²) >= 11 is 0. The summed E-state index contributed by atoms with van der Waals surface area (Å²) in [7, 11) is 0. The number of nitrogens with one attached hydrogen (secondary N) is 2. The van der Waals surface area contributed by atoms with Crippen LogP contribution in [0.4, 0.5) is 5.82 Å². The van der Waals surface area contributed by atoms with Crippen molar-refractivity contribution >= 4 is 34.7 Å². The van der Waals surface area contributed by atoms with Crippen LogP contribution in [0.25, 0.3) is 27.9 Å². The first-order chi connectivity index (χ1) is 16.1. The Morgan fingerprint density at radius 3 is 2.76 bits per heavy atom. The molecule has 0 aromatic carbocycles. The molecule has 0 radical (unpaired) electrons. The van der Waals surface area contributed by atoms with Crippen LogP contribution in [0.3, 0.4) is 0 Å². The highest BCUT2D eigenvalue weighted by Crippen LogP contribution is 2.31. The maximum Gasteiger partial charge on any atom is 0.245 e. The van der Waals surface area contributed by atoms with Gasteiger partial charge < -0.3 is 15.2 Å². The molecule has 0 spiro atoms. The molecule has 0 aliphatic carbocycles. The average molecular weight is 438 g/mol. The molecule has 0 saturated carbocycles. The number of aliphatic imine (C=N–C) groups is 1. The number of fused-ring (bicyclic) bond motifs is 1. The number of carbonyl (C=O) groups is 1. The SMILES string of the molecule is Cc1cc(-c2c(C)cnc3c2ccn3CC(=O)Nc2ccc(C3=CNCC=N3)cn2)ccn1. The summed E-state index contributed by atoms with van der Waals surface area (Å²) in [6.07, 6.45) is 10.9. The van der Waals surface area contributed by atoms with E-state index in [4.69, 9.17) is 0 Å². The second-order valence-corrected chi connectivity index (χ2v) is 7.91. The zero-order valence-electron chi connectivity index (χ0n) is 18.4. The Morgan fingerprint density at radius 1 is 1.09 bits per heavy atom. The Bertz CT molecular complexity index is 1400. The van der Waals surface area contributed by atoms with Crippen molar-refractivity contribution in [3.63, 3.8) is 0 Å². The van der Waals surface area contributed by atoms with Gasteiger partial charge in [-0.1, -0.05) is 0 Å². The summed E-state index contributed by atoms with van der Waals surface area (Å²) in [6, 6.07) is 9.73. The highest BCUT2D eigenvalue weighted by Gasteiger charge is 2.14. The lowest BCUT2D eigenvalue weighted by molar-refractivity contribution is -0.116. The lowest BCUT2D eigenvalue weighted by Gasteiger charge is -2.11. The van der Waals surface area contributed by atoms with E-state index in [9.17, 15) is 4.79 Å². The largest absolute Gasteiger partial charge is 0.384 e. The number of hydrogen-bond acceptors (Lipinski definition) is 6. The van der Waals surface area contributed by atoms with Gasteiger partial charge in [-0.25, -0.2) is 9.97 Å². The van der Waals surface area contributed by atoms with E-state index in [1.165, 1.54) is 0 Å². The highest BCUT2D eigenvalue weighted by atomic mass is 16.2. The molecule has 4 aromatic rings. The Morgan fingerprint density at radius 2 is 2.00 bits per heavy atom. The summed E-state index contributed by atoms with van der Waals surface area (Å²) in [5, 5.41) is 6.98. The minimum absolute atomic E-state index is 0.136. The molecule has 8 heteroatoms. The maximum absolute atomic E-state index is 12.7. The van der Waals surface area contributed by atoms with Crippen LogP contribution in [0, 0.1) is 13.8 Å². The van der Waals surface area contributed by atoms with Crippen molar-refractivity contribution in [2.45, 2.75) is 20.4 Å². The van der Waals surface area contributed by atoms with Gasteiger partial charge in [0.1, 0.15) is 18.0 Å². The quantitative estimate of drug-likeness (QED) is 0.496. The monoisotopic (exact) mass is 437 g/mol. The van der Waals surface area contributed by atoms with Gasteiger partial charge in [-0.05, 0) is 60.9 Å². The van der Waals surface area contributed by atoms with E-state index in [-0.39, 0.29) is 12.5 Å². The summed E-state index contributed by atoms with van der Waals surface area (Å²) < 4.78 is 1.85. The first kappa shape index (κ1) is 20.6. The predicted octanol–water partition coefficient (Wildman–Crippen LogP) is 3.72. The van der Waals surface area contributed by atoms with Crippen LogP contribution < -0.4 is 10.6 Å². The molecule has 0 unspecified atom stereocenters. The normalized spacial score (nSPS) is 13.0. The molecule has 164 valence electrons. The fourth-order valence-electron chi connectivity index (χ4n) is 3.95. The number of amides is 1. The topological polar surface area (TPSA) is 97.1 Å². The number of hydrogen-bond donors (Lipinski definition) is 2. The van der Waals surface area contributed by atoms with Crippen LogP contribution in [-0.2, 0) is 11.3 Å². The molecular formula is C25H23N7O. The number of nitrogens with zero attached hydrogens (tertiary/aromatic N) is 5. The Balaban J connectivity index is 1.35. The number of aromatic nitrogens is 4. The van der Waals surface area contributed by atoms with E-state index in [1.54, 1.807) is 12.3 Å². The molecule has 5 heterocycles. The molecule has 0 saturated heterocycles. The maximum atomic E-state index is 12.7. The molecule has 0 atom stereocenters. The van der Waals surface area contributed by atoms with Crippen LogP contribution in [0.1, 0.15) is 16.8 Å². The minimum Gasteiger partial charge on any atom is -0.384 e. The number of carbonyl (C=O) groups excluding carboxylic acids is 1. The van der Waals surface area contributed by atoms with E-state index >= 15 is 0 Å².